The zero-order chi connectivity index (χ0) is 44.2. The van der Waals surface area contributed by atoms with Crippen LogP contribution in [-0.2, 0) is 10.8 Å². The van der Waals surface area contributed by atoms with Crippen molar-refractivity contribution in [2.45, 2.75) is 52.4 Å². The fraction of sp³-hybridized carbons (Fsp3) is 0.133. The van der Waals surface area contributed by atoms with Crippen LogP contribution >= 0.6 is 0 Å². The zero-order valence-electron chi connectivity index (χ0n) is 37.6. The zero-order valence-corrected chi connectivity index (χ0v) is 37.6. The lowest BCUT2D eigenvalue weighted by molar-refractivity contribution is 0.539. The number of benzene rings is 8. The Balaban J connectivity index is 1.14. The van der Waals surface area contributed by atoms with Crippen molar-refractivity contribution in [3.63, 3.8) is 0 Å². The van der Waals surface area contributed by atoms with Crippen LogP contribution in [0.1, 0.15) is 52.9 Å². The van der Waals surface area contributed by atoms with Crippen molar-refractivity contribution in [1.82, 2.24) is 23.7 Å². The van der Waals surface area contributed by atoms with Crippen molar-refractivity contribution in [3.05, 3.63) is 199 Å². The molecule has 0 N–H and O–H groups in total. The van der Waals surface area contributed by atoms with Crippen LogP contribution in [0.15, 0.2) is 188 Å². The first-order valence-electron chi connectivity index (χ1n) is 22.7. The van der Waals surface area contributed by atoms with Gasteiger partial charge in [0.05, 0.1) is 55.9 Å². The summed E-state index contributed by atoms with van der Waals surface area (Å²) in [7, 11) is 0. The molecule has 0 atom stereocenters. The molecular weight excluding hydrogens is 791 g/mol. The Kier molecular flexibility index (Phi) is 8.60. The second kappa shape index (κ2) is 14.4. The van der Waals surface area contributed by atoms with Gasteiger partial charge in [0, 0.05) is 60.0 Å². The van der Waals surface area contributed by atoms with Gasteiger partial charge in [-0.25, -0.2) is 9.97 Å². The molecular formula is C60H49N5. The Morgan fingerprint density at radius 1 is 0.323 bits per heavy atom. The molecule has 12 aromatic rings. The molecule has 0 aliphatic heterocycles. The summed E-state index contributed by atoms with van der Waals surface area (Å²) >= 11 is 0. The molecule has 12 rings (SSSR count). The number of hydrogen-bond acceptors (Lipinski definition) is 2. The Bertz CT molecular complexity index is 3720. The maximum Gasteiger partial charge on any atom is 0.161 e. The van der Waals surface area contributed by atoms with Crippen molar-refractivity contribution >= 4 is 65.4 Å². The number of fused-ring (bicyclic) bond motifs is 9. The van der Waals surface area contributed by atoms with Crippen LogP contribution in [0.5, 0.6) is 0 Å². The van der Waals surface area contributed by atoms with Gasteiger partial charge in [0.1, 0.15) is 0 Å². The van der Waals surface area contributed by atoms with E-state index in [9.17, 15) is 0 Å². The molecule has 65 heavy (non-hydrogen) atoms. The van der Waals surface area contributed by atoms with Gasteiger partial charge in [0.15, 0.2) is 5.82 Å². The molecule has 0 fully saturated rings. The topological polar surface area (TPSA) is 40.6 Å². The number of para-hydroxylation sites is 6. The average molecular weight is 840 g/mol. The fourth-order valence-corrected chi connectivity index (χ4v) is 10.1. The van der Waals surface area contributed by atoms with E-state index in [1.165, 1.54) is 54.4 Å². The largest absolute Gasteiger partial charge is 0.309 e. The first-order chi connectivity index (χ1) is 31.5. The van der Waals surface area contributed by atoms with Crippen LogP contribution in [0, 0.1) is 0 Å². The summed E-state index contributed by atoms with van der Waals surface area (Å²) in [5.74, 6) is 0.723. The van der Waals surface area contributed by atoms with Gasteiger partial charge < -0.3 is 13.7 Å². The molecule has 4 heterocycles. The summed E-state index contributed by atoms with van der Waals surface area (Å²) < 4.78 is 7.26. The predicted octanol–water partition coefficient (Wildman–Crippen LogP) is 15.7. The lowest BCUT2D eigenvalue weighted by Gasteiger charge is -2.25. The summed E-state index contributed by atoms with van der Waals surface area (Å²) in [6.07, 6.45) is 0. The molecule has 0 aliphatic carbocycles. The van der Waals surface area contributed by atoms with Crippen molar-refractivity contribution in [3.8, 4) is 39.6 Å². The normalized spacial score (nSPS) is 12.5. The monoisotopic (exact) mass is 839 g/mol. The molecule has 314 valence electrons. The average Bonchev–Trinajstić information content (AvgIpc) is 3.96. The third-order valence-electron chi connectivity index (χ3n) is 13.3. The highest BCUT2D eigenvalue weighted by molar-refractivity contribution is 6.13. The maximum absolute atomic E-state index is 5.48. The van der Waals surface area contributed by atoms with E-state index in [0.29, 0.717) is 0 Å². The second-order valence-electron chi connectivity index (χ2n) is 19.5. The molecule has 0 radical (unpaired) electrons. The standard InChI is InChI=1S/C60H49N5/c1-59(2,3)56-37-57(60(4,5)6)62-58(61-56)47-35-38(40-19-7-13-25-48(40)64-51-28-16-10-22-43(51)44-23-11-17-29-52(44)64)31-33-55(47)65-53-30-18-12-24-45(53)46-36-39(32-34-54(46)65)63-49-26-14-8-20-41(49)42-21-9-15-27-50(42)63/h7-37H,1-6H3. The molecule has 0 aliphatic rings. The minimum absolute atomic E-state index is 0.200. The number of rotatable bonds is 5. The minimum atomic E-state index is -0.200. The summed E-state index contributed by atoms with van der Waals surface area (Å²) in [5.41, 5.74) is 15.1. The summed E-state index contributed by atoms with van der Waals surface area (Å²) in [6.45, 7) is 13.5. The van der Waals surface area contributed by atoms with Crippen LogP contribution in [0.4, 0.5) is 0 Å². The highest BCUT2D eigenvalue weighted by Crippen LogP contribution is 2.42. The van der Waals surface area contributed by atoms with Gasteiger partial charge in [0.2, 0.25) is 0 Å². The lowest BCUT2D eigenvalue weighted by Crippen LogP contribution is -2.20. The second-order valence-corrected chi connectivity index (χ2v) is 19.5. The van der Waals surface area contributed by atoms with Crippen LogP contribution < -0.4 is 0 Å². The molecule has 4 aromatic heterocycles. The van der Waals surface area contributed by atoms with Gasteiger partial charge in [-0.15, -0.1) is 0 Å². The maximum atomic E-state index is 5.48. The van der Waals surface area contributed by atoms with E-state index in [1.807, 2.05) is 0 Å². The Labute approximate surface area is 378 Å². The molecule has 0 bridgehead atoms. The predicted molar refractivity (Wildman–Crippen MR) is 273 cm³/mol. The van der Waals surface area contributed by atoms with Gasteiger partial charge in [-0.3, -0.25) is 0 Å². The summed E-state index contributed by atoms with van der Waals surface area (Å²) in [4.78, 5) is 11.0. The van der Waals surface area contributed by atoms with E-state index in [1.54, 1.807) is 0 Å². The van der Waals surface area contributed by atoms with Crippen LogP contribution in [0.3, 0.4) is 0 Å². The first kappa shape index (κ1) is 38.9. The fourth-order valence-electron chi connectivity index (χ4n) is 10.1. The first-order valence-corrected chi connectivity index (χ1v) is 22.7. The van der Waals surface area contributed by atoms with Gasteiger partial charge >= 0.3 is 0 Å². The molecule has 0 amide bonds. The van der Waals surface area contributed by atoms with Crippen molar-refractivity contribution in [2.24, 2.45) is 0 Å². The number of hydrogen-bond donors (Lipinski definition) is 0. The summed E-state index contributed by atoms with van der Waals surface area (Å²) in [6, 6.07) is 68.6. The van der Waals surface area contributed by atoms with Crippen molar-refractivity contribution < 1.29 is 0 Å². The Morgan fingerprint density at radius 2 is 0.723 bits per heavy atom. The van der Waals surface area contributed by atoms with Crippen LogP contribution in [0.25, 0.3) is 105 Å². The highest BCUT2D eigenvalue weighted by Gasteiger charge is 2.27. The molecule has 0 unspecified atom stereocenters. The van der Waals surface area contributed by atoms with Gasteiger partial charge in [0.25, 0.3) is 0 Å². The molecule has 5 heteroatoms. The van der Waals surface area contributed by atoms with E-state index >= 15 is 0 Å². The SMILES string of the molecule is CC(C)(C)c1cc(C(C)(C)C)nc(-c2cc(-c3ccccc3-n3c4ccccc4c4ccccc43)ccc2-n2c3ccccc3c3cc(-n4c5ccccc5c5ccccc54)ccc32)n1. The molecule has 0 saturated carbocycles. The van der Waals surface area contributed by atoms with E-state index < -0.39 is 0 Å². The van der Waals surface area contributed by atoms with E-state index in [2.05, 4.69) is 243 Å². The molecule has 0 spiro atoms. The Morgan fingerprint density at radius 3 is 1.22 bits per heavy atom. The van der Waals surface area contributed by atoms with Crippen LogP contribution in [0.2, 0.25) is 0 Å². The molecule has 8 aromatic carbocycles. The highest BCUT2D eigenvalue weighted by atomic mass is 15.0. The molecule has 5 nitrogen and oxygen atoms in total. The van der Waals surface area contributed by atoms with Gasteiger partial charge in [-0.2, -0.15) is 0 Å². The number of nitrogens with zero attached hydrogens (tertiary/aromatic N) is 5. The van der Waals surface area contributed by atoms with E-state index in [-0.39, 0.29) is 10.8 Å². The third-order valence-corrected chi connectivity index (χ3v) is 13.3. The molecule has 0 saturated heterocycles. The minimum Gasteiger partial charge on any atom is -0.309 e. The van der Waals surface area contributed by atoms with Crippen LogP contribution in [-0.4, -0.2) is 23.7 Å². The lowest BCUT2D eigenvalue weighted by atomic mass is 9.86. The number of aromatic nitrogens is 5. The Hall–Kier alpha value is -7.76. The van der Waals surface area contributed by atoms with E-state index in [4.69, 9.17) is 9.97 Å². The van der Waals surface area contributed by atoms with Crippen molar-refractivity contribution in [1.29, 1.82) is 0 Å². The van der Waals surface area contributed by atoms with Crippen molar-refractivity contribution in [2.75, 3.05) is 0 Å². The van der Waals surface area contributed by atoms with E-state index in [0.717, 1.165) is 62.0 Å². The van der Waals surface area contributed by atoms with Gasteiger partial charge in [-0.05, 0) is 78.4 Å². The smallest absolute Gasteiger partial charge is 0.161 e. The quantitative estimate of drug-likeness (QED) is 0.173. The van der Waals surface area contributed by atoms with Gasteiger partial charge in [-0.1, -0.05) is 157 Å². The summed E-state index contributed by atoms with van der Waals surface area (Å²) in [5, 5.41) is 7.36. The third kappa shape index (κ3) is 6.13.